The monoisotopic (exact) mass is 375 g/mol. The molecule has 0 heterocycles. The number of aryl methyl sites for hydroxylation is 1. The summed E-state index contributed by atoms with van der Waals surface area (Å²) in [5.41, 5.74) is 2.86. The number of benzene rings is 2. The molecule has 5 nitrogen and oxygen atoms in total. The Morgan fingerprint density at radius 1 is 1.09 bits per heavy atom. The van der Waals surface area contributed by atoms with Gasteiger partial charge in [0.25, 0.3) is 5.91 Å². The van der Waals surface area contributed by atoms with Gasteiger partial charge in [0.05, 0.1) is 12.1 Å². The molecule has 23 heavy (non-hydrogen) atoms. The molecule has 0 bridgehead atoms. The van der Waals surface area contributed by atoms with Crippen molar-refractivity contribution in [2.45, 2.75) is 6.92 Å². The third-order valence-electron chi connectivity index (χ3n) is 3.30. The number of anilines is 2. The predicted molar refractivity (Wildman–Crippen MR) is 95.8 cm³/mol. The zero-order valence-corrected chi connectivity index (χ0v) is 14.5. The van der Waals surface area contributed by atoms with E-state index in [1.165, 1.54) is 0 Å². The van der Waals surface area contributed by atoms with Gasteiger partial charge in [0.1, 0.15) is 0 Å². The first kappa shape index (κ1) is 17.0. The van der Waals surface area contributed by atoms with E-state index in [0.29, 0.717) is 11.3 Å². The first-order valence-corrected chi connectivity index (χ1v) is 7.91. The van der Waals surface area contributed by atoms with Crippen molar-refractivity contribution < 1.29 is 9.59 Å². The Labute approximate surface area is 143 Å². The van der Waals surface area contributed by atoms with Crippen molar-refractivity contribution in [1.82, 2.24) is 5.32 Å². The molecule has 120 valence electrons. The van der Waals surface area contributed by atoms with Crippen LogP contribution in [0.2, 0.25) is 0 Å². The third kappa shape index (κ3) is 4.56. The van der Waals surface area contributed by atoms with Gasteiger partial charge in [0.2, 0.25) is 5.91 Å². The van der Waals surface area contributed by atoms with Crippen molar-refractivity contribution in [3.63, 3.8) is 0 Å². The highest BCUT2D eigenvalue weighted by molar-refractivity contribution is 9.10. The first-order valence-electron chi connectivity index (χ1n) is 7.12. The molecule has 0 aliphatic heterocycles. The number of carbonyl (C=O) groups excluding carboxylic acids is 2. The van der Waals surface area contributed by atoms with Crippen molar-refractivity contribution >= 4 is 39.1 Å². The van der Waals surface area contributed by atoms with Crippen LogP contribution in [0.1, 0.15) is 15.9 Å². The van der Waals surface area contributed by atoms with E-state index >= 15 is 0 Å². The quantitative estimate of drug-likeness (QED) is 0.751. The number of hydrogen-bond donors (Lipinski definition) is 3. The highest BCUT2D eigenvalue weighted by Gasteiger charge is 2.10. The molecule has 0 aromatic heterocycles. The number of halogens is 1. The lowest BCUT2D eigenvalue weighted by molar-refractivity contribution is -0.114. The summed E-state index contributed by atoms with van der Waals surface area (Å²) in [5.74, 6) is -0.376. The number of para-hydroxylation sites is 1. The molecular weight excluding hydrogens is 358 g/mol. The normalized spacial score (nSPS) is 10.0. The summed E-state index contributed by atoms with van der Waals surface area (Å²) >= 11 is 3.39. The standard InChI is InChI=1S/C17H18BrN3O2/c1-11-9-12(18)7-8-14(11)21-16(22)10-20-15-6-4-3-5-13(15)17(23)19-2/h3-9,20H,10H2,1-2H3,(H,19,23)(H,21,22). The summed E-state index contributed by atoms with van der Waals surface area (Å²) in [5, 5.41) is 8.42. The van der Waals surface area contributed by atoms with Gasteiger partial charge in [-0.05, 0) is 42.8 Å². The van der Waals surface area contributed by atoms with Crippen LogP contribution in [0.4, 0.5) is 11.4 Å². The first-order chi connectivity index (χ1) is 11.0. The number of rotatable bonds is 5. The fourth-order valence-electron chi connectivity index (χ4n) is 2.11. The highest BCUT2D eigenvalue weighted by Crippen LogP contribution is 2.20. The largest absolute Gasteiger partial charge is 0.376 e. The molecule has 2 amide bonds. The Balaban J connectivity index is 2.01. The van der Waals surface area contributed by atoms with Crippen molar-refractivity contribution in [1.29, 1.82) is 0 Å². The van der Waals surface area contributed by atoms with E-state index < -0.39 is 0 Å². The van der Waals surface area contributed by atoms with Gasteiger partial charge in [-0.2, -0.15) is 0 Å². The average molecular weight is 376 g/mol. The summed E-state index contributed by atoms with van der Waals surface area (Å²) in [4.78, 5) is 23.9. The van der Waals surface area contributed by atoms with Crippen LogP contribution in [0.25, 0.3) is 0 Å². The minimum Gasteiger partial charge on any atom is -0.376 e. The van der Waals surface area contributed by atoms with E-state index in [2.05, 4.69) is 31.9 Å². The van der Waals surface area contributed by atoms with Crippen LogP contribution >= 0.6 is 15.9 Å². The Morgan fingerprint density at radius 3 is 2.52 bits per heavy atom. The average Bonchev–Trinajstić information content (AvgIpc) is 2.55. The van der Waals surface area contributed by atoms with Crippen molar-refractivity contribution in [2.75, 3.05) is 24.2 Å². The van der Waals surface area contributed by atoms with Gasteiger partial charge in [-0.3, -0.25) is 9.59 Å². The van der Waals surface area contributed by atoms with Gasteiger partial charge < -0.3 is 16.0 Å². The molecule has 0 saturated carbocycles. The number of amides is 2. The third-order valence-corrected chi connectivity index (χ3v) is 3.79. The van der Waals surface area contributed by atoms with Crippen molar-refractivity contribution in [3.05, 3.63) is 58.1 Å². The molecule has 3 N–H and O–H groups in total. The van der Waals surface area contributed by atoms with Crippen LogP contribution in [0.15, 0.2) is 46.9 Å². The van der Waals surface area contributed by atoms with Crippen molar-refractivity contribution in [2.24, 2.45) is 0 Å². The van der Waals surface area contributed by atoms with E-state index in [9.17, 15) is 9.59 Å². The smallest absolute Gasteiger partial charge is 0.253 e. The highest BCUT2D eigenvalue weighted by atomic mass is 79.9. The predicted octanol–water partition coefficient (Wildman–Crippen LogP) is 3.17. The van der Waals surface area contributed by atoms with Gasteiger partial charge in [-0.1, -0.05) is 28.1 Å². The van der Waals surface area contributed by atoms with Crippen LogP contribution in [-0.2, 0) is 4.79 Å². The lowest BCUT2D eigenvalue weighted by atomic mass is 10.1. The second-order valence-electron chi connectivity index (χ2n) is 4.99. The molecule has 0 atom stereocenters. The van der Waals surface area contributed by atoms with E-state index in [-0.39, 0.29) is 18.4 Å². The second-order valence-corrected chi connectivity index (χ2v) is 5.90. The minimum absolute atomic E-state index is 0.0729. The molecule has 2 aromatic rings. The molecular formula is C17H18BrN3O2. The van der Waals surface area contributed by atoms with Crippen LogP contribution in [-0.4, -0.2) is 25.4 Å². The summed E-state index contributed by atoms with van der Waals surface area (Å²) in [6.45, 7) is 2.00. The molecule has 2 aromatic carbocycles. The lowest BCUT2D eigenvalue weighted by Gasteiger charge is -2.12. The Morgan fingerprint density at radius 2 is 1.83 bits per heavy atom. The van der Waals surface area contributed by atoms with Gasteiger partial charge in [0, 0.05) is 22.9 Å². The molecule has 0 unspecified atom stereocenters. The Kier molecular flexibility index (Phi) is 5.76. The van der Waals surface area contributed by atoms with Gasteiger partial charge in [0.15, 0.2) is 0 Å². The molecule has 6 heteroatoms. The molecule has 0 fully saturated rings. The van der Waals surface area contributed by atoms with Crippen LogP contribution < -0.4 is 16.0 Å². The van der Waals surface area contributed by atoms with Crippen LogP contribution in [0, 0.1) is 6.92 Å². The van der Waals surface area contributed by atoms with E-state index in [1.807, 2.05) is 31.2 Å². The van der Waals surface area contributed by atoms with Crippen LogP contribution in [0.3, 0.4) is 0 Å². The van der Waals surface area contributed by atoms with Gasteiger partial charge in [-0.15, -0.1) is 0 Å². The fraction of sp³-hybridized carbons (Fsp3) is 0.176. The summed E-state index contributed by atoms with van der Waals surface area (Å²) in [6.07, 6.45) is 0. The van der Waals surface area contributed by atoms with Gasteiger partial charge in [-0.25, -0.2) is 0 Å². The number of hydrogen-bond acceptors (Lipinski definition) is 3. The Hall–Kier alpha value is -2.34. The SMILES string of the molecule is CNC(=O)c1ccccc1NCC(=O)Nc1ccc(Br)cc1C. The topological polar surface area (TPSA) is 70.2 Å². The molecule has 0 saturated heterocycles. The summed E-state index contributed by atoms with van der Waals surface area (Å²) < 4.78 is 0.964. The molecule has 0 aliphatic rings. The maximum absolute atomic E-state index is 12.1. The molecule has 0 spiro atoms. The molecule has 2 rings (SSSR count). The zero-order valence-electron chi connectivity index (χ0n) is 12.9. The van der Waals surface area contributed by atoms with Crippen LogP contribution in [0.5, 0.6) is 0 Å². The van der Waals surface area contributed by atoms with Crippen molar-refractivity contribution in [3.8, 4) is 0 Å². The molecule has 0 radical (unpaired) electrons. The van der Waals surface area contributed by atoms with Gasteiger partial charge >= 0.3 is 0 Å². The maximum Gasteiger partial charge on any atom is 0.253 e. The second kappa shape index (κ2) is 7.78. The molecule has 0 aliphatic carbocycles. The van der Waals surface area contributed by atoms with E-state index in [0.717, 1.165) is 15.7 Å². The number of nitrogens with one attached hydrogen (secondary N) is 3. The zero-order chi connectivity index (χ0) is 16.8. The number of carbonyl (C=O) groups is 2. The van der Waals surface area contributed by atoms with E-state index in [1.54, 1.807) is 25.2 Å². The lowest BCUT2D eigenvalue weighted by Crippen LogP contribution is -2.24. The maximum atomic E-state index is 12.1. The van der Waals surface area contributed by atoms with E-state index in [4.69, 9.17) is 0 Å². The minimum atomic E-state index is -0.197. The fourth-order valence-corrected chi connectivity index (χ4v) is 2.58. The summed E-state index contributed by atoms with van der Waals surface area (Å²) in [6, 6.07) is 12.7. The Bertz CT molecular complexity index is 732. The summed E-state index contributed by atoms with van der Waals surface area (Å²) in [7, 11) is 1.57.